The molecule has 1 aliphatic carbocycles. The molecule has 3 heteroatoms. The van der Waals surface area contributed by atoms with Crippen LogP contribution in [-0.4, -0.2) is 23.1 Å². The molecule has 1 N–H and O–H groups in total. The summed E-state index contributed by atoms with van der Waals surface area (Å²) in [7, 11) is 0. The van der Waals surface area contributed by atoms with Gasteiger partial charge in [-0.15, -0.1) is 0 Å². The van der Waals surface area contributed by atoms with Crippen molar-refractivity contribution in [3.8, 4) is 5.75 Å². The van der Waals surface area contributed by atoms with Gasteiger partial charge in [-0.25, -0.2) is 0 Å². The van der Waals surface area contributed by atoms with E-state index < -0.39 is 0 Å². The van der Waals surface area contributed by atoms with Crippen LogP contribution in [0.5, 0.6) is 5.75 Å². The average molecular weight is 324 g/mol. The van der Waals surface area contributed by atoms with Gasteiger partial charge in [0.05, 0.1) is 4.47 Å². The zero-order valence-electron chi connectivity index (χ0n) is 11.3. The van der Waals surface area contributed by atoms with Crippen LogP contribution in [0.3, 0.4) is 0 Å². The fraction of sp³-hybridized carbons (Fsp3) is 0.625. The summed E-state index contributed by atoms with van der Waals surface area (Å²) in [6.45, 7) is 3.29. The minimum atomic E-state index is 0.410. The van der Waals surface area contributed by atoms with Gasteiger partial charge >= 0.3 is 0 Å². The van der Waals surface area contributed by atoms with Gasteiger partial charge < -0.3 is 5.11 Å². The standard InChI is InChI=1S/C16H22BrNO/c17-15-7-3-6-14(16(15)19)11-18-9-8-12-4-1-2-5-13(12)10-18/h3,6-7,12-13,19H,1-2,4-5,8-11H2. The largest absolute Gasteiger partial charge is 0.506 e. The maximum Gasteiger partial charge on any atom is 0.134 e. The smallest absolute Gasteiger partial charge is 0.134 e. The predicted octanol–water partition coefficient (Wildman–Crippen LogP) is 4.17. The van der Waals surface area contributed by atoms with Gasteiger partial charge in [0, 0.05) is 18.7 Å². The fourth-order valence-electron chi connectivity index (χ4n) is 3.75. The van der Waals surface area contributed by atoms with E-state index in [1.807, 2.05) is 18.2 Å². The summed E-state index contributed by atoms with van der Waals surface area (Å²) in [5.74, 6) is 2.28. The molecule has 1 saturated heterocycles. The van der Waals surface area contributed by atoms with Gasteiger partial charge in [-0.05, 0) is 53.2 Å². The van der Waals surface area contributed by atoms with Crippen LogP contribution in [0.1, 0.15) is 37.7 Å². The molecule has 1 aromatic carbocycles. The molecule has 0 spiro atoms. The summed E-state index contributed by atoms with van der Waals surface area (Å²) in [6, 6.07) is 5.94. The van der Waals surface area contributed by atoms with E-state index in [0.717, 1.165) is 28.4 Å². The Morgan fingerprint density at radius 2 is 1.95 bits per heavy atom. The molecule has 104 valence electrons. The Bertz CT molecular complexity index is 448. The number of rotatable bonds is 2. The van der Waals surface area contributed by atoms with Crippen molar-refractivity contribution in [1.29, 1.82) is 0 Å². The molecule has 1 saturated carbocycles. The van der Waals surface area contributed by atoms with Crippen LogP contribution in [0, 0.1) is 11.8 Å². The fourth-order valence-corrected chi connectivity index (χ4v) is 4.16. The molecule has 0 bridgehead atoms. The zero-order valence-corrected chi connectivity index (χ0v) is 12.9. The van der Waals surface area contributed by atoms with Crippen molar-refractivity contribution in [3.05, 3.63) is 28.2 Å². The van der Waals surface area contributed by atoms with Crippen LogP contribution >= 0.6 is 15.9 Å². The van der Waals surface area contributed by atoms with Crippen molar-refractivity contribution in [2.45, 2.75) is 38.6 Å². The Labute approximate surface area is 123 Å². The Morgan fingerprint density at radius 1 is 1.16 bits per heavy atom. The molecule has 2 unspecified atom stereocenters. The normalized spacial score (nSPS) is 28.1. The highest BCUT2D eigenvalue weighted by Crippen LogP contribution is 2.37. The molecule has 1 aromatic rings. The third kappa shape index (κ3) is 2.97. The molecule has 3 rings (SSSR count). The predicted molar refractivity (Wildman–Crippen MR) is 81.1 cm³/mol. The van der Waals surface area contributed by atoms with Crippen LogP contribution in [0.25, 0.3) is 0 Å². The van der Waals surface area contributed by atoms with E-state index >= 15 is 0 Å². The van der Waals surface area contributed by atoms with Crippen molar-refractivity contribution in [2.75, 3.05) is 13.1 Å². The first-order valence-electron chi connectivity index (χ1n) is 7.43. The number of hydrogen-bond donors (Lipinski definition) is 1. The molecule has 0 radical (unpaired) electrons. The van der Waals surface area contributed by atoms with E-state index in [2.05, 4.69) is 20.8 Å². The maximum absolute atomic E-state index is 10.1. The van der Waals surface area contributed by atoms with Crippen molar-refractivity contribution in [3.63, 3.8) is 0 Å². The Morgan fingerprint density at radius 3 is 2.79 bits per heavy atom. The summed E-state index contributed by atoms with van der Waals surface area (Å²) >= 11 is 3.40. The van der Waals surface area contributed by atoms with Crippen LogP contribution in [0.15, 0.2) is 22.7 Å². The van der Waals surface area contributed by atoms with Crippen LogP contribution < -0.4 is 0 Å². The summed E-state index contributed by atoms with van der Waals surface area (Å²) in [5, 5.41) is 10.1. The van der Waals surface area contributed by atoms with Gasteiger partial charge in [0.1, 0.15) is 5.75 Å². The second-order valence-corrected chi connectivity index (χ2v) is 6.93. The number of aromatic hydroxyl groups is 1. The van der Waals surface area contributed by atoms with Gasteiger partial charge in [0.2, 0.25) is 0 Å². The Balaban J connectivity index is 1.66. The number of piperidine rings is 1. The zero-order chi connectivity index (χ0) is 13.2. The number of phenolic OH excluding ortho intramolecular Hbond substituents is 1. The summed E-state index contributed by atoms with van der Waals surface area (Å²) in [6.07, 6.45) is 7.05. The molecule has 0 aromatic heterocycles. The molecule has 2 nitrogen and oxygen atoms in total. The number of halogens is 1. The number of phenols is 1. The van der Waals surface area contributed by atoms with Gasteiger partial charge in [-0.3, -0.25) is 4.90 Å². The van der Waals surface area contributed by atoms with E-state index in [-0.39, 0.29) is 0 Å². The van der Waals surface area contributed by atoms with Gasteiger partial charge in [-0.2, -0.15) is 0 Å². The molecule has 2 aliphatic rings. The second kappa shape index (κ2) is 5.84. The summed E-state index contributed by atoms with van der Waals surface area (Å²) in [4.78, 5) is 2.52. The lowest BCUT2D eigenvalue weighted by atomic mass is 9.75. The first-order chi connectivity index (χ1) is 9.24. The third-order valence-electron chi connectivity index (χ3n) is 4.84. The van der Waals surface area contributed by atoms with Gasteiger partial charge in [0.25, 0.3) is 0 Å². The lowest BCUT2D eigenvalue weighted by Crippen LogP contribution is -2.41. The van der Waals surface area contributed by atoms with E-state index in [0.29, 0.717) is 5.75 Å². The number of likely N-dealkylation sites (tertiary alicyclic amines) is 1. The number of benzene rings is 1. The summed E-state index contributed by atoms with van der Waals surface area (Å²) < 4.78 is 0.803. The molecule has 1 heterocycles. The van der Waals surface area contributed by atoms with Crippen molar-refractivity contribution in [2.24, 2.45) is 11.8 Å². The highest BCUT2D eigenvalue weighted by molar-refractivity contribution is 9.10. The van der Waals surface area contributed by atoms with Crippen LogP contribution in [0.4, 0.5) is 0 Å². The summed E-state index contributed by atoms with van der Waals surface area (Å²) in [5.41, 5.74) is 1.05. The number of para-hydroxylation sites is 1. The minimum absolute atomic E-state index is 0.410. The van der Waals surface area contributed by atoms with Crippen molar-refractivity contribution < 1.29 is 5.11 Å². The highest BCUT2D eigenvalue weighted by Gasteiger charge is 2.31. The van der Waals surface area contributed by atoms with Crippen LogP contribution in [0.2, 0.25) is 0 Å². The third-order valence-corrected chi connectivity index (χ3v) is 5.48. The first-order valence-corrected chi connectivity index (χ1v) is 8.22. The number of hydrogen-bond acceptors (Lipinski definition) is 2. The molecule has 1 aliphatic heterocycles. The molecule has 19 heavy (non-hydrogen) atoms. The number of fused-ring (bicyclic) bond motifs is 1. The van der Waals surface area contributed by atoms with Crippen molar-refractivity contribution >= 4 is 15.9 Å². The molecular weight excluding hydrogens is 302 g/mol. The van der Waals surface area contributed by atoms with E-state index in [1.165, 1.54) is 45.2 Å². The molecular formula is C16H22BrNO. The average Bonchev–Trinajstić information content (AvgIpc) is 2.44. The maximum atomic E-state index is 10.1. The van der Waals surface area contributed by atoms with Gasteiger partial charge in [-0.1, -0.05) is 31.4 Å². The number of nitrogens with zero attached hydrogens (tertiary/aromatic N) is 1. The van der Waals surface area contributed by atoms with Gasteiger partial charge in [0.15, 0.2) is 0 Å². The second-order valence-electron chi connectivity index (χ2n) is 6.08. The van der Waals surface area contributed by atoms with E-state index in [9.17, 15) is 5.11 Å². The molecule has 0 amide bonds. The highest BCUT2D eigenvalue weighted by atomic mass is 79.9. The van der Waals surface area contributed by atoms with E-state index in [4.69, 9.17) is 0 Å². The van der Waals surface area contributed by atoms with Crippen molar-refractivity contribution in [1.82, 2.24) is 4.90 Å². The van der Waals surface area contributed by atoms with E-state index in [1.54, 1.807) is 0 Å². The monoisotopic (exact) mass is 323 g/mol. The van der Waals surface area contributed by atoms with Crippen LogP contribution in [-0.2, 0) is 6.54 Å². The Hall–Kier alpha value is -0.540. The topological polar surface area (TPSA) is 23.5 Å². The minimum Gasteiger partial charge on any atom is -0.506 e. The molecule has 2 fully saturated rings. The lowest BCUT2D eigenvalue weighted by molar-refractivity contribution is 0.0815. The lowest BCUT2D eigenvalue weighted by Gasteiger charge is -2.41. The molecule has 2 atom stereocenters. The SMILES string of the molecule is Oc1c(Br)cccc1CN1CCC2CCCCC2C1. The quantitative estimate of drug-likeness (QED) is 0.883. The Kier molecular flexibility index (Phi) is 4.13. The first kappa shape index (κ1) is 13.4.